The van der Waals surface area contributed by atoms with Gasteiger partial charge >= 0.3 is 0 Å². The molecule has 3 aromatic carbocycles. The molecule has 1 fully saturated rings. The smallest absolute Gasteiger partial charge is 0.295 e. The van der Waals surface area contributed by atoms with Gasteiger partial charge in [-0.15, -0.1) is 0 Å². The quantitative estimate of drug-likeness (QED) is 0.289. The third kappa shape index (κ3) is 4.68. The van der Waals surface area contributed by atoms with Gasteiger partial charge in [0.05, 0.1) is 30.9 Å². The van der Waals surface area contributed by atoms with E-state index in [0.717, 1.165) is 16.3 Å². The highest BCUT2D eigenvalue weighted by molar-refractivity contribution is 6.46. The summed E-state index contributed by atoms with van der Waals surface area (Å²) in [5, 5.41) is 13.2. The topological polar surface area (TPSA) is 76.1 Å². The Morgan fingerprint density at radius 3 is 2.38 bits per heavy atom. The summed E-state index contributed by atoms with van der Waals surface area (Å²) in [4.78, 5) is 27.7. The van der Waals surface area contributed by atoms with Gasteiger partial charge in [-0.3, -0.25) is 9.59 Å². The molecule has 1 aliphatic rings. The molecule has 0 radical (unpaired) electrons. The Morgan fingerprint density at radius 2 is 1.71 bits per heavy atom. The van der Waals surface area contributed by atoms with Crippen molar-refractivity contribution in [1.29, 1.82) is 0 Å². The molecule has 1 aliphatic heterocycles. The van der Waals surface area contributed by atoms with Crippen LogP contribution in [-0.4, -0.2) is 47.6 Å². The lowest BCUT2D eigenvalue weighted by Crippen LogP contribution is -2.33. The van der Waals surface area contributed by atoms with Crippen LogP contribution in [0.15, 0.2) is 72.3 Å². The Bertz CT molecular complexity index is 1230. The Balaban J connectivity index is 1.79. The summed E-state index contributed by atoms with van der Waals surface area (Å²) in [6.07, 6.45) is -0.00153. The van der Waals surface area contributed by atoms with Crippen LogP contribution in [0.2, 0.25) is 0 Å². The van der Waals surface area contributed by atoms with E-state index >= 15 is 0 Å². The number of amides is 1. The first kappa shape index (κ1) is 23.5. The van der Waals surface area contributed by atoms with Crippen molar-refractivity contribution in [2.45, 2.75) is 32.9 Å². The number of carbonyl (C=O) groups is 2. The van der Waals surface area contributed by atoms with E-state index in [1.165, 1.54) is 4.90 Å². The van der Waals surface area contributed by atoms with Gasteiger partial charge < -0.3 is 19.5 Å². The molecule has 6 heteroatoms. The largest absolute Gasteiger partial charge is 0.507 e. The van der Waals surface area contributed by atoms with E-state index in [0.29, 0.717) is 17.9 Å². The number of rotatable bonds is 8. The number of hydrogen-bond acceptors (Lipinski definition) is 5. The Kier molecular flexibility index (Phi) is 6.98. The molecular weight excluding hydrogens is 430 g/mol. The van der Waals surface area contributed by atoms with Gasteiger partial charge in [-0.25, -0.2) is 0 Å². The zero-order valence-electron chi connectivity index (χ0n) is 19.7. The average molecular weight is 460 g/mol. The van der Waals surface area contributed by atoms with Gasteiger partial charge in [0.1, 0.15) is 11.5 Å². The van der Waals surface area contributed by atoms with Gasteiger partial charge in [-0.2, -0.15) is 0 Å². The fourth-order valence-electron chi connectivity index (χ4n) is 4.25. The van der Waals surface area contributed by atoms with E-state index < -0.39 is 17.7 Å². The highest BCUT2D eigenvalue weighted by Gasteiger charge is 2.45. The molecule has 0 aromatic heterocycles. The predicted octanol–water partition coefficient (Wildman–Crippen LogP) is 5.09. The number of fused-ring (bicyclic) bond motifs is 1. The Labute approximate surface area is 199 Å². The summed E-state index contributed by atoms with van der Waals surface area (Å²) in [7, 11) is 0. The molecule has 34 heavy (non-hydrogen) atoms. The molecule has 0 aliphatic carbocycles. The number of carbonyl (C=O) groups excluding carboxylic acids is 2. The number of ketones is 1. The van der Waals surface area contributed by atoms with Crippen molar-refractivity contribution < 1.29 is 24.2 Å². The molecular formula is C28H29NO5. The molecule has 0 saturated carbocycles. The Morgan fingerprint density at radius 1 is 1.00 bits per heavy atom. The monoisotopic (exact) mass is 459 g/mol. The lowest BCUT2D eigenvalue weighted by Gasteiger charge is -2.26. The number of hydrogen-bond donors (Lipinski definition) is 1. The average Bonchev–Trinajstić information content (AvgIpc) is 3.09. The minimum atomic E-state index is -0.724. The van der Waals surface area contributed by atoms with Crippen molar-refractivity contribution in [3.8, 4) is 5.75 Å². The fraction of sp³-hybridized carbons (Fsp3) is 0.286. The van der Waals surface area contributed by atoms with E-state index in [2.05, 4.69) is 0 Å². The maximum absolute atomic E-state index is 13.2. The summed E-state index contributed by atoms with van der Waals surface area (Å²) in [6.45, 7) is 6.78. The second-order valence-corrected chi connectivity index (χ2v) is 8.48. The van der Waals surface area contributed by atoms with E-state index in [1.807, 2.05) is 69.3 Å². The van der Waals surface area contributed by atoms with Gasteiger partial charge in [0, 0.05) is 12.1 Å². The molecule has 6 nitrogen and oxygen atoms in total. The number of aliphatic hydroxyl groups is 1. The molecule has 1 N–H and O–H groups in total. The van der Waals surface area contributed by atoms with E-state index in [4.69, 9.17) is 9.47 Å². The van der Waals surface area contributed by atoms with Gasteiger partial charge in [0.15, 0.2) is 0 Å². The van der Waals surface area contributed by atoms with Gasteiger partial charge in [-0.1, -0.05) is 48.5 Å². The summed E-state index contributed by atoms with van der Waals surface area (Å²) in [5.74, 6) is -0.834. The highest BCUT2D eigenvalue weighted by Crippen LogP contribution is 2.40. The van der Waals surface area contributed by atoms with Crippen LogP contribution in [0.1, 0.15) is 37.9 Å². The molecule has 0 bridgehead atoms. The fourth-order valence-corrected chi connectivity index (χ4v) is 4.25. The number of benzene rings is 3. The first-order valence-corrected chi connectivity index (χ1v) is 11.5. The van der Waals surface area contributed by atoms with Crippen molar-refractivity contribution in [1.82, 2.24) is 4.90 Å². The van der Waals surface area contributed by atoms with Crippen LogP contribution >= 0.6 is 0 Å². The number of Topliss-reactive ketones (excluding diaryl/α,β-unsaturated/α-hetero) is 1. The third-order valence-electron chi connectivity index (χ3n) is 5.85. The molecule has 1 saturated heterocycles. The summed E-state index contributed by atoms with van der Waals surface area (Å²) in [5.41, 5.74) is 1.29. The first-order valence-electron chi connectivity index (χ1n) is 11.5. The number of nitrogens with zero attached hydrogens (tertiary/aromatic N) is 1. The standard InChI is InChI=1S/C28H29NO5/c1-4-33-23-13-11-20(12-14-23)25-24(27(31)28(32)29(25)15-16-34-18(2)3)26(30)22-10-9-19-7-5-6-8-21(19)17-22/h5-14,17-18,25,30H,4,15-16H2,1-3H3/b26-24-. The number of aliphatic hydroxyl groups excluding tert-OH is 1. The second-order valence-electron chi connectivity index (χ2n) is 8.48. The summed E-state index contributed by atoms with van der Waals surface area (Å²) >= 11 is 0. The zero-order chi connectivity index (χ0) is 24.2. The molecule has 1 amide bonds. The summed E-state index contributed by atoms with van der Waals surface area (Å²) in [6, 6.07) is 19.8. The molecule has 1 unspecified atom stereocenters. The van der Waals surface area contributed by atoms with Crippen LogP contribution in [0.4, 0.5) is 0 Å². The molecule has 0 spiro atoms. The molecule has 4 rings (SSSR count). The van der Waals surface area contributed by atoms with Crippen molar-refractivity contribution >= 4 is 28.2 Å². The SMILES string of the molecule is CCOc1ccc(C2/C(=C(/O)c3ccc4ccccc4c3)C(=O)C(=O)N2CCOC(C)C)cc1. The van der Waals surface area contributed by atoms with Gasteiger partial charge in [0.2, 0.25) is 0 Å². The van der Waals surface area contributed by atoms with Crippen LogP contribution in [0.25, 0.3) is 16.5 Å². The maximum Gasteiger partial charge on any atom is 0.295 e. The van der Waals surface area contributed by atoms with Crippen LogP contribution in [0.5, 0.6) is 5.75 Å². The second kappa shape index (κ2) is 10.1. The van der Waals surface area contributed by atoms with Gasteiger partial charge in [0.25, 0.3) is 11.7 Å². The van der Waals surface area contributed by atoms with Crippen molar-refractivity contribution in [3.63, 3.8) is 0 Å². The molecule has 1 heterocycles. The minimum Gasteiger partial charge on any atom is -0.507 e. The third-order valence-corrected chi connectivity index (χ3v) is 5.85. The van der Waals surface area contributed by atoms with Crippen LogP contribution in [0, 0.1) is 0 Å². The van der Waals surface area contributed by atoms with E-state index in [9.17, 15) is 14.7 Å². The normalized spacial score (nSPS) is 17.6. The van der Waals surface area contributed by atoms with Gasteiger partial charge in [-0.05, 0) is 55.3 Å². The van der Waals surface area contributed by atoms with Crippen molar-refractivity contribution in [2.75, 3.05) is 19.8 Å². The van der Waals surface area contributed by atoms with E-state index in [-0.39, 0.29) is 30.6 Å². The number of ether oxygens (including phenoxy) is 2. The molecule has 3 aromatic rings. The molecule has 176 valence electrons. The van der Waals surface area contributed by atoms with E-state index in [1.54, 1.807) is 18.2 Å². The maximum atomic E-state index is 13.2. The highest BCUT2D eigenvalue weighted by atomic mass is 16.5. The van der Waals surface area contributed by atoms with Crippen LogP contribution < -0.4 is 4.74 Å². The first-order chi connectivity index (χ1) is 16.4. The van der Waals surface area contributed by atoms with Crippen LogP contribution in [-0.2, 0) is 14.3 Å². The van der Waals surface area contributed by atoms with Crippen LogP contribution in [0.3, 0.4) is 0 Å². The minimum absolute atomic E-state index is 0.00153. The lowest BCUT2D eigenvalue weighted by molar-refractivity contribution is -0.140. The lowest BCUT2D eigenvalue weighted by atomic mass is 9.94. The Hall–Kier alpha value is -3.64. The van der Waals surface area contributed by atoms with Crippen molar-refractivity contribution in [3.05, 3.63) is 83.4 Å². The predicted molar refractivity (Wildman–Crippen MR) is 132 cm³/mol. The summed E-state index contributed by atoms with van der Waals surface area (Å²) < 4.78 is 11.2. The van der Waals surface area contributed by atoms with Crippen molar-refractivity contribution in [2.24, 2.45) is 0 Å². The number of likely N-dealkylation sites (tertiary alicyclic amines) is 1. The zero-order valence-corrected chi connectivity index (χ0v) is 19.7. The molecule has 1 atom stereocenters.